The van der Waals surface area contributed by atoms with E-state index in [0.717, 1.165) is 51.3 Å². The van der Waals surface area contributed by atoms with E-state index in [1.54, 1.807) is 6.26 Å². The first kappa shape index (κ1) is 17.1. The van der Waals surface area contributed by atoms with Crippen LogP contribution in [0.2, 0.25) is 0 Å². The Morgan fingerprint density at radius 2 is 2.29 bits per heavy atom. The first-order chi connectivity index (χ1) is 11.7. The number of carbonyl (C=O) groups excluding carboxylic acids is 1. The van der Waals surface area contributed by atoms with E-state index >= 15 is 0 Å². The number of carbonyl (C=O) groups is 1. The lowest BCUT2D eigenvalue weighted by Gasteiger charge is -2.39. The second-order valence-electron chi connectivity index (χ2n) is 7.04. The molecule has 0 N–H and O–H groups in total. The predicted octanol–water partition coefficient (Wildman–Crippen LogP) is 3.63. The van der Waals surface area contributed by atoms with Crippen LogP contribution in [-0.4, -0.2) is 55.2 Å². The van der Waals surface area contributed by atoms with Gasteiger partial charge < -0.3 is 14.1 Å². The third kappa shape index (κ3) is 4.20. The van der Waals surface area contributed by atoms with Crippen molar-refractivity contribution in [1.82, 2.24) is 9.80 Å². The SMILES string of the molecule is CCCOC(=O)N1CC[C@@]2(CCCN(C/C=C/c3ccco3)C2)C1. The van der Waals surface area contributed by atoms with E-state index in [2.05, 4.69) is 11.0 Å². The Kier molecular flexibility index (Phi) is 5.61. The molecule has 0 saturated carbocycles. The minimum absolute atomic E-state index is 0.136. The van der Waals surface area contributed by atoms with Crippen LogP contribution in [0.1, 0.15) is 38.4 Å². The van der Waals surface area contributed by atoms with Crippen LogP contribution in [0.4, 0.5) is 4.79 Å². The van der Waals surface area contributed by atoms with Gasteiger partial charge in [0.05, 0.1) is 12.9 Å². The van der Waals surface area contributed by atoms with Crippen LogP contribution in [0.3, 0.4) is 0 Å². The zero-order valence-corrected chi connectivity index (χ0v) is 14.6. The summed E-state index contributed by atoms with van der Waals surface area (Å²) in [6.45, 7) is 7.34. The maximum Gasteiger partial charge on any atom is 0.409 e. The summed E-state index contributed by atoms with van der Waals surface area (Å²) in [5.41, 5.74) is 0.252. The predicted molar refractivity (Wildman–Crippen MR) is 93.7 cm³/mol. The Morgan fingerprint density at radius 3 is 3.08 bits per heavy atom. The highest BCUT2D eigenvalue weighted by Crippen LogP contribution is 2.39. The number of nitrogens with zero attached hydrogens (tertiary/aromatic N) is 2. The standard InChI is InChI=1S/C19H28N2O3/c1-2-13-24-18(22)21-12-9-19(16-21)8-5-11-20(15-19)10-3-6-17-7-4-14-23-17/h3-4,6-7,14H,2,5,8-13,15-16H2,1H3/b6-3+/t19-/m1/s1. The molecule has 0 bridgehead atoms. The monoisotopic (exact) mass is 332 g/mol. The number of ether oxygens (including phenoxy) is 1. The number of furan rings is 1. The Labute approximate surface area is 144 Å². The molecule has 0 radical (unpaired) electrons. The van der Waals surface area contributed by atoms with Crippen molar-refractivity contribution in [3.8, 4) is 0 Å². The average molecular weight is 332 g/mol. The number of hydrogen-bond acceptors (Lipinski definition) is 4. The Balaban J connectivity index is 1.50. The normalized spacial score (nSPS) is 25.0. The molecule has 24 heavy (non-hydrogen) atoms. The van der Waals surface area contributed by atoms with Crippen molar-refractivity contribution in [1.29, 1.82) is 0 Å². The third-order valence-electron chi connectivity index (χ3n) is 5.06. The van der Waals surface area contributed by atoms with Crippen LogP contribution in [0.25, 0.3) is 6.08 Å². The molecular weight excluding hydrogens is 304 g/mol. The number of rotatable bonds is 5. The van der Waals surface area contributed by atoms with E-state index in [1.165, 1.54) is 12.8 Å². The zero-order chi connectivity index (χ0) is 16.8. The van der Waals surface area contributed by atoms with Gasteiger partial charge in [0.25, 0.3) is 0 Å². The lowest BCUT2D eigenvalue weighted by Crippen LogP contribution is -2.45. The fraction of sp³-hybridized carbons (Fsp3) is 0.632. The molecule has 3 heterocycles. The van der Waals surface area contributed by atoms with Gasteiger partial charge in [-0.1, -0.05) is 13.0 Å². The minimum Gasteiger partial charge on any atom is -0.465 e. The zero-order valence-electron chi connectivity index (χ0n) is 14.6. The summed E-state index contributed by atoms with van der Waals surface area (Å²) in [4.78, 5) is 16.5. The maximum atomic E-state index is 12.1. The van der Waals surface area contributed by atoms with Gasteiger partial charge in [0.2, 0.25) is 0 Å². The fourth-order valence-corrected chi connectivity index (χ4v) is 3.87. The molecule has 2 saturated heterocycles. The Hall–Kier alpha value is -1.75. The van der Waals surface area contributed by atoms with Crippen molar-refractivity contribution in [3.63, 3.8) is 0 Å². The topological polar surface area (TPSA) is 45.9 Å². The molecule has 0 aliphatic carbocycles. The molecule has 2 fully saturated rings. The molecule has 2 aliphatic heterocycles. The van der Waals surface area contributed by atoms with Crippen LogP contribution in [0, 0.1) is 5.41 Å². The largest absolute Gasteiger partial charge is 0.465 e. The highest BCUT2D eigenvalue weighted by atomic mass is 16.6. The fourth-order valence-electron chi connectivity index (χ4n) is 3.87. The molecule has 3 rings (SSSR count). The van der Waals surface area contributed by atoms with Gasteiger partial charge in [-0.05, 0) is 50.4 Å². The Bertz CT molecular complexity index is 555. The van der Waals surface area contributed by atoms with Gasteiger partial charge in [-0.25, -0.2) is 4.79 Å². The van der Waals surface area contributed by atoms with Gasteiger partial charge in [-0.15, -0.1) is 0 Å². The molecule has 132 valence electrons. The van der Waals surface area contributed by atoms with Crippen LogP contribution in [-0.2, 0) is 4.74 Å². The molecule has 1 spiro atoms. The first-order valence-corrected chi connectivity index (χ1v) is 9.05. The van der Waals surface area contributed by atoms with Gasteiger partial charge in [0.15, 0.2) is 0 Å². The minimum atomic E-state index is -0.136. The summed E-state index contributed by atoms with van der Waals surface area (Å²) in [6.07, 6.45) is 10.1. The smallest absolute Gasteiger partial charge is 0.409 e. The van der Waals surface area contributed by atoms with Gasteiger partial charge >= 0.3 is 6.09 Å². The average Bonchev–Trinajstić information content (AvgIpc) is 3.23. The highest BCUT2D eigenvalue weighted by molar-refractivity contribution is 5.68. The maximum absolute atomic E-state index is 12.1. The molecule has 5 heteroatoms. The van der Waals surface area contributed by atoms with Crippen molar-refractivity contribution >= 4 is 12.2 Å². The van der Waals surface area contributed by atoms with E-state index in [4.69, 9.17) is 9.15 Å². The van der Waals surface area contributed by atoms with E-state index in [0.29, 0.717) is 6.61 Å². The van der Waals surface area contributed by atoms with Crippen molar-refractivity contribution in [2.45, 2.75) is 32.6 Å². The lowest BCUT2D eigenvalue weighted by atomic mass is 9.79. The molecule has 1 amide bonds. The second-order valence-corrected chi connectivity index (χ2v) is 7.04. The molecule has 1 aromatic rings. The number of hydrogen-bond donors (Lipinski definition) is 0. The molecule has 2 aliphatic rings. The van der Waals surface area contributed by atoms with Gasteiger partial charge in [0.1, 0.15) is 5.76 Å². The summed E-state index contributed by atoms with van der Waals surface area (Å²) in [5.74, 6) is 0.896. The summed E-state index contributed by atoms with van der Waals surface area (Å²) in [5, 5.41) is 0. The Morgan fingerprint density at radius 1 is 1.38 bits per heavy atom. The van der Waals surface area contributed by atoms with Gasteiger partial charge in [-0.3, -0.25) is 4.90 Å². The number of likely N-dealkylation sites (tertiary alicyclic amines) is 2. The molecule has 0 unspecified atom stereocenters. The summed E-state index contributed by atoms with van der Waals surface area (Å²) >= 11 is 0. The summed E-state index contributed by atoms with van der Waals surface area (Å²) < 4.78 is 10.6. The summed E-state index contributed by atoms with van der Waals surface area (Å²) in [7, 11) is 0. The van der Waals surface area contributed by atoms with Gasteiger partial charge in [0, 0.05) is 31.6 Å². The van der Waals surface area contributed by atoms with Crippen LogP contribution >= 0.6 is 0 Å². The van der Waals surface area contributed by atoms with Crippen molar-refractivity contribution in [2.24, 2.45) is 5.41 Å². The van der Waals surface area contributed by atoms with Gasteiger partial charge in [-0.2, -0.15) is 0 Å². The van der Waals surface area contributed by atoms with E-state index in [1.807, 2.05) is 30.0 Å². The molecule has 5 nitrogen and oxygen atoms in total. The van der Waals surface area contributed by atoms with Crippen LogP contribution in [0.5, 0.6) is 0 Å². The number of amides is 1. The lowest BCUT2D eigenvalue weighted by molar-refractivity contribution is 0.0845. The molecule has 1 aromatic heterocycles. The van der Waals surface area contributed by atoms with Crippen molar-refractivity contribution in [2.75, 3.05) is 39.3 Å². The van der Waals surface area contributed by atoms with Crippen molar-refractivity contribution < 1.29 is 13.9 Å². The third-order valence-corrected chi connectivity index (χ3v) is 5.06. The first-order valence-electron chi connectivity index (χ1n) is 9.05. The van der Waals surface area contributed by atoms with Crippen LogP contribution < -0.4 is 0 Å². The molecule has 1 atom stereocenters. The van der Waals surface area contributed by atoms with Crippen LogP contribution in [0.15, 0.2) is 28.9 Å². The van der Waals surface area contributed by atoms with Crippen molar-refractivity contribution in [3.05, 3.63) is 30.2 Å². The molecule has 0 aromatic carbocycles. The van der Waals surface area contributed by atoms with E-state index in [9.17, 15) is 4.79 Å². The number of piperidine rings is 1. The van der Waals surface area contributed by atoms with E-state index in [-0.39, 0.29) is 11.5 Å². The quantitative estimate of drug-likeness (QED) is 0.826. The second kappa shape index (κ2) is 7.88. The molecular formula is C19H28N2O3. The highest BCUT2D eigenvalue weighted by Gasteiger charge is 2.42. The summed E-state index contributed by atoms with van der Waals surface area (Å²) in [6, 6.07) is 3.87. The van der Waals surface area contributed by atoms with E-state index < -0.39 is 0 Å².